The van der Waals surface area contributed by atoms with Gasteiger partial charge in [-0.2, -0.15) is 0 Å². The van der Waals surface area contributed by atoms with Gasteiger partial charge < -0.3 is 5.73 Å². The molecule has 6 nitrogen and oxygen atoms in total. The van der Waals surface area contributed by atoms with Crippen molar-refractivity contribution in [3.8, 4) is 0 Å². The zero-order valence-electron chi connectivity index (χ0n) is 12.2. The highest BCUT2D eigenvalue weighted by Gasteiger charge is 2.33. The molecule has 0 aliphatic heterocycles. The van der Waals surface area contributed by atoms with E-state index < -0.39 is 11.4 Å². The summed E-state index contributed by atoms with van der Waals surface area (Å²) in [4.78, 5) is 14.5. The van der Waals surface area contributed by atoms with Crippen molar-refractivity contribution in [3.63, 3.8) is 0 Å². The zero-order chi connectivity index (χ0) is 15.2. The first-order chi connectivity index (χ1) is 9.41. The molecule has 1 atom stereocenters. The van der Waals surface area contributed by atoms with Crippen molar-refractivity contribution in [3.05, 3.63) is 45.3 Å². The highest BCUT2D eigenvalue weighted by molar-refractivity contribution is 5.86. The summed E-state index contributed by atoms with van der Waals surface area (Å²) in [5.41, 5.74) is 15.9. The first-order valence-electron chi connectivity index (χ1n) is 6.55. The highest BCUT2D eigenvalue weighted by atomic mass is 16.1. The summed E-state index contributed by atoms with van der Waals surface area (Å²) < 4.78 is 0. The SMILES string of the molecule is Cc1ccc(C(C)(NCCCN=[N+]=[N-])C(N)=O)c(C)c1. The van der Waals surface area contributed by atoms with Crippen LogP contribution >= 0.6 is 0 Å². The van der Waals surface area contributed by atoms with Crippen LogP contribution in [0.5, 0.6) is 0 Å². The van der Waals surface area contributed by atoms with Crippen LogP contribution in [0.1, 0.15) is 30.0 Å². The molecule has 0 aliphatic carbocycles. The number of amides is 1. The Morgan fingerprint density at radius 1 is 1.50 bits per heavy atom. The Hall–Kier alpha value is -2.04. The number of carbonyl (C=O) groups excluding carboxylic acids is 1. The van der Waals surface area contributed by atoms with E-state index in [1.807, 2.05) is 32.0 Å². The maximum atomic E-state index is 11.9. The quantitative estimate of drug-likeness (QED) is 0.345. The Morgan fingerprint density at radius 3 is 2.75 bits per heavy atom. The number of nitrogens with zero attached hydrogens (tertiary/aromatic N) is 3. The summed E-state index contributed by atoms with van der Waals surface area (Å²) in [5, 5.41) is 6.64. The number of carbonyl (C=O) groups is 1. The minimum absolute atomic E-state index is 0.394. The lowest BCUT2D eigenvalue weighted by molar-refractivity contribution is -0.124. The Morgan fingerprint density at radius 2 is 2.20 bits per heavy atom. The number of hydrogen-bond donors (Lipinski definition) is 2. The average molecular weight is 275 g/mol. The summed E-state index contributed by atoms with van der Waals surface area (Å²) in [7, 11) is 0. The Labute approximate surface area is 119 Å². The molecule has 1 aromatic carbocycles. The molecule has 0 saturated heterocycles. The van der Waals surface area contributed by atoms with Gasteiger partial charge in [-0.3, -0.25) is 10.1 Å². The van der Waals surface area contributed by atoms with E-state index in [9.17, 15) is 4.79 Å². The van der Waals surface area contributed by atoms with Crippen LogP contribution in [0.3, 0.4) is 0 Å². The zero-order valence-corrected chi connectivity index (χ0v) is 12.2. The van der Waals surface area contributed by atoms with Crippen molar-refractivity contribution in [2.45, 2.75) is 32.7 Å². The Kier molecular flexibility index (Phi) is 5.55. The van der Waals surface area contributed by atoms with E-state index in [0.717, 1.165) is 16.7 Å². The third kappa shape index (κ3) is 3.73. The number of primary amides is 1. The van der Waals surface area contributed by atoms with Crippen molar-refractivity contribution in [1.29, 1.82) is 0 Å². The van der Waals surface area contributed by atoms with Crippen LogP contribution in [-0.4, -0.2) is 19.0 Å². The molecule has 1 rings (SSSR count). The molecule has 0 aliphatic rings. The lowest BCUT2D eigenvalue weighted by Crippen LogP contribution is -2.51. The number of nitrogens with one attached hydrogen (secondary N) is 1. The second kappa shape index (κ2) is 6.93. The summed E-state index contributed by atoms with van der Waals surface area (Å²) in [6.07, 6.45) is 0.651. The normalized spacial score (nSPS) is 13.3. The first kappa shape index (κ1) is 16.0. The molecule has 1 amide bonds. The second-order valence-corrected chi connectivity index (χ2v) is 5.04. The second-order valence-electron chi connectivity index (χ2n) is 5.04. The lowest BCUT2D eigenvalue weighted by atomic mass is 9.87. The van der Waals surface area contributed by atoms with E-state index in [-0.39, 0.29) is 0 Å². The van der Waals surface area contributed by atoms with Crippen molar-refractivity contribution < 1.29 is 4.79 Å². The molecular formula is C14H21N5O. The van der Waals surface area contributed by atoms with Gasteiger partial charge >= 0.3 is 0 Å². The average Bonchev–Trinajstić information content (AvgIpc) is 2.37. The van der Waals surface area contributed by atoms with Crippen LogP contribution in [-0.2, 0) is 10.3 Å². The molecule has 6 heteroatoms. The maximum absolute atomic E-state index is 11.9. The molecule has 3 N–H and O–H groups in total. The molecule has 1 aromatic rings. The van der Waals surface area contributed by atoms with Gasteiger partial charge in [-0.25, -0.2) is 0 Å². The van der Waals surface area contributed by atoms with Gasteiger partial charge in [-0.05, 0) is 50.4 Å². The third-order valence-corrected chi connectivity index (χ3v) is 3.39. The fourth-order valence-electron chi connectivity index (χ4n) is 2.22. The molecule has 1 unspecified atom stereocenters. The smallest absolute Gasteiger partial charge is 0.242 e. The number of hydrogen-bond acceptors (Lipinski definition) is 3. The fourth-order valence-corrected chi connectivity index (χ4v) is 2.22. The van der Waals surface area contributed by atoms with Gasteiger partial charge in [0.1, 0.15) is 5.54 Å². The van der Waals surface area contributed by atoms with Crippen LogP contribution in [0.15, 0.2) is 23.3 Å². The maximum Gasteiger partial charge on any atom is 0.242 e. The van der Waals surface area contributed by atoms with Crippen LogP contribution < -0.4 is 11.1 Å². The summed E-state index contributed by atoms with van der Waals surface area (Å²) in [5.74, 6) is -0.423. The molecule has 20 heavy (non-hydrogen) atoms. The molecule has 0 radical (unpaired) electrons. The van der Waals surface area contributed by atoms with Gasteiger partial charge in [0.2, 0.25) is 5.91 Å². The minimum Gasteiger partial charge on any atom is -0.368 e. The molecule has 0 aromatic heterocycles. The molecule has 0 fully saturated rings. The van der Waals surface area contributed by atoms with E-state index in [0.29, 0.717) is 19.5 Å². The molecule has 0 heterocycles. The van der Waals surface area contributed by atoms with Gasteiger partial charge in [0.15, 0.2) is 0 Å². The molecule has 0 bridgehead atoms. The molecule has 0 saturated carbocycles. The highest BCUT2D eigenvalue weighted by Crippen LogP contribution is 2.24. The number of benzene rings is 1. The largest absolute Gasteiger partial charge is 0.368 e. The van der Waals surface area contributed by atoms with Crippen molar-refractivity contribution in [1.82, 2.24) is 5.32 Å². The third-order valence-electron chi connectivity index (χ3n) is 3.39. The van der Waals surface area contributed by atoms with Gasteiger partial charge in [0, 0.05) is 11.5 Å². The van der Waals surface area contributed by atoms with E-state index in [4.69, 9.17) is 11.3 Å². The van der Waals surface area contributed by atoms with Crippen molar-refractivity contribution >= 4 is 5.91 Å². The van der Waals surface area contributed by atoms with Gasteiger partial charge in [0.05, 0.1) is 0 Å². The molecule has 0 spiro atoms. The standard InChI is InChI=1S/C14H21N5O/c1-10-5-6-12(11(2)9-10)14(3,13(15)20)17-7-4-8-18-19-16/h5-6,9,17H,4,7-8H2,1-3H3,(H2,15,20). The Bertz CT molecular complexity index is 536. The van der Waals surface area contributed by atoms with Crippen molar-refractivity contribution in [2.75, 3.05) is 13.1 Å². The predicted octanol–water partition coefficient (Wildman–Crippen LogP) is 2.29. The monoisotopic (exact) mass is 275 g/mol. The summed E-state index contributed by atoms with van der Waals surface area (Å²) >= 11 is 0. The number of nitrogens with two attached hydrogens (primary N) is 1. The van der Waals surface area contributed by atoms with E-state index in [1.54, 1.807) is 6.92 Å². The van der Waals surface area contributed by atoms with Gasteiger partial charge in [-0.15, -0.1) is 0 Å². The fraction of sp³-hybridized carbons (Fsp3) is 0.500. The summed E-state index contributed by atoms with van der Waals surface area (Å²) in [6.45, 7) is 6.69. The van der Waals surface area contributed by atoms with Crippen molar-refractivity contribution in [2.24, 2.45) is 10.8 Å². The van der Waals surface area contributed by atoms with Crippen LogP contribution in [0.25, 0.3) is 10.4 Å². The molecule has 108 valence electrons. The summed E-state index contributed by atoms with van der Waals surface area (Å²) in [6, 6.07) is 5.92. The van der Waals surface area contributed by atoms with Crippen LogP contribution in [0, 0.1) is 13.8 Å². The topological polar surface area (TPSA) is 104 Å². The number of rotatable bonds is 7. The van der Waals surface area contributed by atoms with Gasteiger partial charge in [-0.1, -0.05) is 28.9 Å². The number of aryl methyl sites for hydroxylation is 2. The van der Waals surface area contributed by atoms with Gasteiger partial charge in [0.25, 0.3) is 0 Å². The molecular weight excluding hydrogens is 254 g/mol. The van der Waals surface area contributed by atoms with E-state index in [1.165, 1.54) is 0 Å². The van der Waals surface area contributed by atoms with Crippen LogP contribution in [0.2, 0.25) is 0 Å². The predicted molar refractivity (Wildman–Crippen MR) is 79.1 cm³/mol. The minimum atomic E-state index is -0.922. The first-order valence-corrected chi connectivity index (χ1v) is 6.55. The lowest BCUT2D eigenvalue weighted by Gasteiger charge is -2.30. The van der Waals surface area contributed by atoms with Crippen LogP contribution in [0.4, 0.5) is 0 Å². The van der Waals surface area contributed by atoms with E-state index >= 15 is 0 Å². The Balaban J connectivity index is 2.91. The number of azide groups is 1. The van der Waals surface area contributed by atoms with E-state index in [2.05, 4.69) is 15.3 Å².